The molecule has 0 bridgehead atoms. The maximum Gasteiger partial charge on any atom is 0.205 e. The molecule has 0 aromatic carbocycles. The van der Waals surface area contributed by atoms with E-state index in [1.165, 1.54) is 12.8 Å². The van der Waals surface area contributed by atoms with E-state index in [1.54, 1.807) is 0 Å². The second kappa shape index (κ2) is 8.39. The molecule has 0 amide bonds. The van der Waals surface area contributed by atoms with Crippen LogP contribution in [0.25, 0.3) is 0 Å². The Labute approximate surface area is 128 Å². The van der Waals surface area contributed by atoms with Gasteiger partial charge in [-0.15, -0.1) is 0 Å². The first kappa shape index (κ1) is 16.3. The van der Waals surface area contributed by atoms with E-state index in [2.05, 4.69) is 27.9 Å². The predicted octanol–water partition coefficient (Wildman–Crippen LogP) is 2.05. The van der Waals surface area contributed by atoms with Gasteiger partial charge in [-0.25, -0.2) is 4.98 Å². The highest BCUT2D eigenvalue weighted by Gasteiger charge is 2.22. The first-order valence-corrected chi connectivity index (χ1v) is 8.25. The van der Waals surface area contributed by atoms with Gasteiger partial charge in [-0.1, -0.05) is 0 Å². The molecule has 1 unspecified atom stereocenters. The average molecular weight is 294 g/mol. The van der Waals surface area contributed by atoms with Crippen molar-refractivity contribution in [2.75, 3.05) is 44.8 Å². The summed E-state index contributed by atoms with van der Waals surface area (Å²) in [4.78, 5) is 7.21. The van der Waals surface area contributed by atoms with Crippen molar-refractivity contribution in [3.8, 4) is 0 Å². The van der Waals surface area contributed by atoms with E-state index in [0.717, 1.165) is 63.4 Å². The van der Waals surface area contributed by atoms with Gasteiger partial charge in [0.25, 0.3) is 0 Å². The maximum atomic E-state index is 5.44. The van der Waals surface area contributed by atoms with Crippen molar-refractivity contribution < 1.29 is 4.74 Å². The van der Waals surface area contributed by atoms with Crippen LogP contribution >= 0.6 is 0 Å². The second-order valence-corrected chi connectivity index (χ2v) is 5.94. The van der Waals surface area contributed by atoms with Gasteiger partial charge in [-0.3, -0.25) is 0 Å². The Morgan fingerprint density at radius 1 is 1.48 bits per heavy atom. The van der Waals surface area contributed by atoms with Gasteiger partial charge in [0.15, 0.2) is 0 Å². The second-order valence-electron chi connectivity index (χ2n) is 5.94. The molecule has 0 aliphatic carbocycles. The molecule has 5 heteroatoms. The number of hydrogen-bond acceptors (Lipinski definition) is 4. The molecule has 5 nitrogen and oxygen atoms in total. The van der Waals surface area contributed by atoms with E-state index < -0.39 is 0 Å². The number of nitrogens with one attached hydrogen (secondary N) is 1. The van der Waals surface area contributed by atoms with E-state index in [0.29, 0.717) is 0 Å². The molecule has 1 atom stereocenters. The lowest BCUT2D eigenvalue weighted by molar-refractivity contribution is 0.141. The van der Waals surface area contributed by atoms with Crippen molar-refractivity contribution >= 4 is 5.95 Å². The summed E-state index contributed by atoms with van der Waals surface area (Å²) in [5.74, 6) is 1.88. The molecule has 2 rings (SSSR count). The van der Waals surface area contributed by atoms with E-state index in [-0.39, 0.29) is 0 Å². The van der Waals surface area contributed by atoms with Crippen LogP contribution in [-0.2, 0) is 11.3 Å². The van der Waals surface area contributed by atoms with Crippen molar-refractivity contribution in [2.24, 2.45) is 5.92 Å². The molecule has 21 heavy (non-hydrogen) atoms. The largest absolute Gasteiger partial charge is 0.382 e. The molecular formula is C16H30N4O. The van der Waals surface area contributed by atoms with Gasteiger partial charge >= 0.3 is 0 Å². The van der Waals surface area contributed by atoms with E-state index in [9.17, 15) is 0 Å². The highest BCUT2D eigenvalue weighted by molar-refractivity contribution is 5.34. The summed E-state index contributed by atoms with van der Waals surface area (Å²) in [6.07, 6.45) is 5.80. The van der Waals surface area contributed by atoms with Crippen LogP contribution in [0.2, 0.25) is 0 Å². The smallest absolute Gasteiger partial charge is 0.205 e. The van der Waals surface area contributed by atoms with Crippen molar-refractivity contribution in [3.05, 3.63) is 11.9 Å². The Kier molecular flexibility index (Phi) is 6.51. The number of hydrogen-bond donors (Lipinski definition) is 1. The number of rotatable bonds is 8. The summed E-state index contributed by atoms with van der Waals surface area (Å²) in [7, 11) is 2.04. The normalized spacial score (nSPS) is 19.2. The summed E-state index contributed by atoms with van der Waals surface area (Å²) in [6, 6.07) is 0. The van der Waals surface area contributed by atoms with Gasteiger partial charge in [0.2, 0.25) is 5.95 Å². The highest BCUT2D eigenvalue weighted by Crippen LogP contribution is 2.23. The molecule has 1 fully saturated rings. The molecule has 1 aliphatic heterocycles. The molecule has 0 spiro atoms. The SMILES string of the molecule is CCOCCCn1cc(C)nc1N1CCCC(CNC)C1. The molecule has 1 N–H and O–H groups in total. The third kappa shape index (κ3) is 4.71. The number of anilines is 1. The molecule has 1 saturated heterocycles. The Hall–Kier alpha value is -1.07. The maximum absolute atomic E-state index is 5.44. The highest BCUT2D eigenvalue weighted by atomic mass is 16.5. The number of aryl methyl sites for hydroxylation is 2. The van der Waals surface area contributed by atoms with Crippen LogP contribution in [0, 0.1) is 12.8 Å². The van der Waals surface area contributed by atoms with Gasteiger partial charge in [0.05, 0.1) is 5.69 Å². The van der Waals surface area contributed by atoms with Crippen molar-refractivity contribution in [2.45, 2.75) is 39.7 Å². The first-order chi connectivity index (χ1) is 10.2. The number of nitrogens with zero attached hydrogens (tertiary/aromatic N) is 3. The Morgan fingerprint density at radius 2 is 2.33 bits per heavy atom. The fourth-order valence-corrected chi connectivity index (χ4v) is 3.13. The van der Waals surface area contributed by atoms with Gasteiger partial charge in [-0.05, 0) is 52.6 Å². The molecule has 120 valence electrons. The van der Waals surface area contributed by atoms with Gasteiger partial charge < -0.3 is 19.5 Å². The lowest BCUT2D eigenvalue weighted by Crippen LogP contribution is -2.40. The lowest BCUT2D eigenvalue weighted by atomic mass is 9.98. The van der Waals surface area contributed by atoms with Crippen LogP contribution in [0.1, 0.15) is 31.9 Å². The summed E-state index contributed by atoms with van der Waals surface area (Å²) in [5, 5.41) is 3.31. The predicted molar refractivity (Wildman–Crippen MR) is 86.9 cm³/mol. The van der Waals surface area contributed by atoms with E-state index >= 15 is 0 Å². The minimum Gasteiger partial charge on any atom is -0.382 e. The topological polar surface area (TPSA) is 42.3 Å². The Bertz CT molecular complexity index is 416. The average Bonchev–Trinajstić information content (AvgIpc) is 2.85. The quantitative estimate of drug-likeness (QED) is 0.745. The fourth-order valence-electron chi connectivity index (χ4n) is 3.13. The van der Waals surface area contributed by atoms with Gasteiger partial charge in [0, 0.05) is 39.0 Å². The number of piperidine rings is 1. The fraction of sp³-hybridized carbons (Fsp3) is 0.812. The third-order valence-electron chi connectivity index (χ3n) is 4.06. The van der Waals surface area contributed by atoms with Crippen LogP contribution in [0.15, 0.2) is 6.20 Å². The molecular weight excluding hydrogens is 264 g/mol. The zero-order valence-corrected chi connectivity index (χ0v) is 13.8. The van der Waals surface area contributed by atoms with Crippen LogP contribution in [0.5, 0.6) is 0 Å². The molecule has 0 saturated carbocycles. The van der Waals surface area contributed by atoms with Crippen LogP contribution < -0.4 is 10.2 Å². The molecule has 0 radical (unpaired) electrons. The minimum atomic E-state index is 0.734. The summed E-state index contributed by atoms with van der Waals surface area (Å²) in [6.45, 7) is 10.1. The zero-order chi connectivity index (χ0) is 15.1. The molecule has 2 heterocycles. The third-order valence-corrected chi connectivity index (χ3v) is 4.06. The van der Waals surface area contributed by atoms with Crippen molar-refractivity contribution in [1.29, 1.82) is 0 Å². The number of aromatic nitrogens is 2. The number of ether oxygens (including phenoxy) is 1. The molecule has 1 aliphatic rings. The van der Waals surface area contributed by atoms with Crippen molar-refractivity contribution in [1.82, 2.24) is 14.9 Å². The lowest BCUT2D eigenvalue weighted by Gasteiger charge is -2.33. The minimum absolute atomic E-state index is 0.734. The number of imidazole rings is 1. The van der Waals surface area contributed by atoms with Crippen LogP contribution in [0.4, 0.5) is 5.95 Å². The molecule has 1 aromatic rings. The molecule has 1 aromatic heterocycles. The summed E-state index contributed by atoms with van der Waals surface area (Å²) >= 11 is 0. The Morgan fingerprint density at radius 3 is 3.10 bits per heavy atom. The Balaban J connectivity index is 1.97. The van der Waals surface area contributed by atoms with Crippen LogP contribution in [-0.4, -0.2) is 49.4 Å². The monoisotopic (exact) mass is 294 g/mol. The first-order valence-electron chi connectivity index (χ1n) is 8.25. The zero-order valence-electron chi connectivity index (χ0n) is 13.8. The van der Waals surface area contributed by atoms with Gasteiger partial charge in [-0.2, -0.15) is 0 Å². The van der Waals surface area contributed by atoms with Gasteiger partial charge in [0.1, 0.15) is 0 Å². The summed E-state index contributed by atoms with van der Waals surface area (Å²) in [5.41, 5.74) is 1.11. The van der Waals surface area contributed by atoms with E-state index in [1.807, 2.05) is 14.0 Å². The van der Waals surface area contributed by atoms with Crippen LogP contribution in [0.3, 0.4) is 0 Å². The van der Waals surface area contributed by atoms with E-state index in [4.69, 9.17) is 9.72 Å². The van der Waals surface area contributed by atoms with Crippen molar-refractivity contribution in [3.63, 3.8) is 0 Å². The standard InChI is InChI=1S/C16H30N4O/c1-4-21-10-6-9-19-12-14(2)18-16(19)20-8-5-7-15(13-20)11-17-3/h12,15,17H,4-11,13H2,1-3H3. The summed E-state index contributed by atoms with van der Waals surface area (Å²) < 4.78 is 7.74.